The molecule has 134 valence electrons. The molecular formula is C18H21F2N3O2. The number of nitrogens with two attached hydrogens (primary N) is 1. The van der Waals surface area contributed by atoms with E-state index in [0.29, 0.717) is 30.6 Å². The van der Waals surface area contributed by atoms with Crippen molar-refractivity contribution in [3.63, 3.8) is 0 Å². The second kappa shape index (κ2) is 7.46. The highest BCUT2D eigenvalue weighted by Gasteiger charge is 2.28. The lowest BCUT2D eigenvalue weighted by Gasteiger charge is -2.16. The first-order valence-electron chi connectivity index (χ1n) is 8.18. The summed E-state index contributed by atoms with van der Waals surface area (Å²) in [7, 11) is 0. The van der Waals surface area contributed by atoms with Crippen LogP contribution >= 0.6 is 0 Å². The van der Waals surface area contributed by atoms with Gasteiger partial charge < -0.3 is 15.6 Å². The van der Waals surface area contributed by atoms with E-state index < -0.39 is 23.1 Å². The fraction of sp³-hybridized carbons (Fsp3) is 0.333. The lowest BCUT2D eigenvalue weighted by molar-refractivity contribution is 0.0999. The lowest BCUT2D eigenvalue weighted by Crippen LogP contribution is -2.29. The molecule has 2 aromatic rings. The number of hydrogen-bond acceptors (Lipinski definition) is 3. The van der Waals surface area contributed by atoms with Gasteiger partial charge in [0.15, 0.2) is 0 Å². The number of rotatable bonds is 3. The summed E-state index contributed by atoms with van der Waals surface area (Å²) in [5, 5.41) is 2.52. The van der Waals surface area contributed by atoms with Crippen LogP contribution in [0.4, 0.5) is 20.2 Å². The third-order valence-corrected chi connectivity index (χ3v) is 3.94. The van der Waals surface area contributed by atoms with Gasteiger partial charge in [-0.1, -0.05) is 19.9 Å². The molecule has 0 fully saturated rings. The SMILES string of the molecule is CC.Cc1ccc(Nc2c(C(N)=O)c3n(c(=O)c2F)CCC3)c(F)c1. The zero-order valence-corrected chi connectivity index (χ0v) is 14.5. The summed E-state index contributed by atoms with van der Waals surface area (Å²) < 4.78 is 29.7. The predicted octanol–water partition coefficient (Wildman–Crippen LogP) is 3.25. The Balaban J connectivity index is 0.00000109. The highest BCUT2D eigenvalue weighted by molar-refractivity contribution is 6.00. The van der Waals surface area contributed by atoms with Crippen LogP contribution in [0.3, 0.4) is 0 Å². The van der Waals surface area contributed by atoms with Crippen LogP contribution in [0.2, 0.25) is 0 Å². The number of halogens is 2. The average Bonchev–Trinajstić information content (AvgIpc) is 3.05. The normalized spacial score (nSPS) is 12.2. The summed E-state index contributed by atoms with van der Waals surface area (Å²) in [5.41, 5.74) is 5.12. The maximum absolute atomic E-state index is 14.4. The van der Waals surface area contributed by atoms with Gasteiger partial charge in [-0.25, -0.2) is 4.39 Å². The van der Waals surface area contributed by atoms with Crippen molar-refractivity contribution in [2.45, 2.75) is 40.2 Å². The minimum absolute atomic E-state index is 0.0284. The summed E-state index contributed by atoms with van der Waals surface area (Å²) in [6.45, 7) is 6.05. The Morgan fingerprint density at radius 2 is 1.96 bits per heavy atom. The number of aryl methyl sites for hydroxylation is 1. The predicted molar refractivity (Wildman–Crippen MR) is 93.3 cm³/mol. The van der Waals surface area contributed by atoms with E-state index in [4.69, 9.17) is 5.73 Å². The summed E-state index contributed by atoms with van der Waals surface area (Å²) in [4.78, 5) is 23.9. The van der Waals surface area contributed by atoms with Gasteiger partial charge in [0.2, 0.25) is 5.82 Å². The van der Waals surface area contributed by atoms with Crippen molar-refractivity contribution in [1.82, 2.24) is 4.57 Å². The van der Waals surface area contributed by atoms with Gasteiger partial charge in [0.05, 0.1) is 16.9 Å². The molecule has 0 bridgehead atoms. The highest BCUT2D eigenvalue weighted by Crippen LogP contribution is 2.29. The van der Waals surface area contributed by atoms with Crippen LogP contribution in [-0.4, -0.2) is 10.5 Å². The number of carbonyl (C=O) groups excluding carboxylic acids is 1. The fourth-order valence-electron chi connectivity index (χ4n) is 2.88. The molecule has 1 aliphatic heterocycles. The molecule has 0 spiro atoms. The largest absolute Gasteiger partial charge is 0.365 e. The standard InChI is InChI=1S/C16H15F2N3O2.C2H6/c1-8-4-5-10(9(17)7-8)20-14-12(15(19)22)11-3-2-6-21(11)16(23)13(14)18;1-2/h4-5,7,20H,2-3,6H2,1H3,(H2,19,22);1-2H3. The molecule has 3 N–H and O–H groups in total. The fourth-order valence-corrected chi connectivity index (χ4v) is 2.88. The number of fused-ring (bicyclic) bond motifs is 1. The second-order valence-corrected chi connectivity index (χ2v) is 5.54. The number of nitrogens with one attached hydrogen (secondary N) is 1. The van der Waals surface area contributed by atoms with Crippen LogP contribution in [0.1, 0.15) is 41.9 Å². The molecule has 0 atom stereocenters. The van der Waals surface area contributed by atoms with Gasteiger partial charge in [-0.3, -0.25) is 9.59 Å². The van der Waals surface area contributed by atoms with E-state index in [-0.39, 0.29) is 16.9 Å². The number of amides is 1. The van der Waals surface area contributed by atoms with E-state index in [1.165, 1.54) is 16.7 Å². The van der Waals surface area contributed by atoms with E-state index in [9.17, 15) is 18.4 Å². The molecule has 1 aromatic carbocycles. The van der Waals surface area contributed by atoms with Crippen molar-refractivity contribution in [1.29, 1.82) is 0 Å². The van der Waals surface area contributed by atoms with Crippen molar-refractivity contribution < 1.29 is 13.6 Å². The quantitative estimate of drug-likeness (QED) is 0.893. The van der Waals surface area contributed by atoms with E-state index >= 15 is 0 Å². The van der Waals surface area contributed by atoms with Gasteiger partial charge in [0.25, 0.3) is 11.5 Å². The zero-order valence-electron chi connectivity index (χ0n) is 14.5. The molecule has 25 heavy (non-hydrogen) atoms. The second-order valence-electron chi connectivity index (χ2n) is 5.54. The van der Waals surface area contributed by atoms with Crippen molar-refractivity contribution in [3.8, 4) is 0 Å². The number of anilines is 2. The third-order valence-electron chi connectivity index (χ3n) is 3.94. The van der Waals surface area contributed by atoms with Gasteiger partial charge in [-0.2, -0.15) is 4.39 Å². The molecule has 0 radical (unpaired) electrons. The van der Waals surface area contributed by atoms with Crippen molar-refractivity contribution >= 4 is 17.3 Å². The summed E-state index contributed by atoms with van der Waals surface area (Å²) >= 11 is 0. The number of pyridine rings is 1. The number of hydrogen-bond donors (Lipinski definition) is 2. The average molecular weight is 349 g/mol. The Labute approximate surface area is 144 Å². The highest BCUT2D eigenvalue weighted by atomic mass is 19.1. The zero-order chi connectivity index (χ0) is 18.7. The Kier molecular flexibility index (Phi) is 5.56. The molecule has 7 heteroatoms. The molecule has 1 amide bonds. The number of carbonyl (C=O) groups is 1. The van der Waals surface area contributed by atoms with Gasteiger partial charge in [0.1, 0.15) is 5.82 Å². The van der Waals surface area contributed by atoms with Crippen LogP contribution < -0.4 is 16.6 Å². The van der Waals surface area contributed by atoms with Crippen molar-refractivity contribution in [2.75, 3.05) is 5.32 Å². The van der Waals surface area contributed by atoms with Gasteiger partial charge in [-0.05, 0) is 37.5 Å². The number of nitrogens with zero attached hydrogens (tertiary/aromatic N) is 1. The molecule has 0 saturated carbocycles. The molecule has 1 aromatic heterocycles. The van der Waals surface area contributed by atoms with E-state index in [1.807, 2.05) is 13.8 Å². The van der Waals surface area contributed by atoms with Crippen LogP contribution in [0.15, 0.2) is 23.0 Å². The van der Waals surface area contributed by atoms with Gasteiger partial charge in [-0.15, -0.1) is 0 Å². The molecule has 1 aliphatic rings. The number of primary amides is 1. The van der Waals surface area contributed by atoms with E-state index in [1.54, 1.807) is 13.0 Å². The van der Waals surface area contributed by atoms with Crippen LogP contribution in [0, 0.1) is 18.6 Å². The summed E-state index contributed by atoms with van der Waals surface area (Å²) in [6.07, 6.45) is 1.07. The summed E-state index contributed by atoms with van der Waals surface area (Å²) in [6, 6.07) is 4.32. The first-order chi connectivity index (χ1) is 11.9. The smallest absolute Gasteiger partial charge is 0.289 e. The third kappa shape index (κ3) is 3.40. The van der Waals surface area contributed by atoms with Crippen LogP contribution in [0.5, 0.6) is 0 Å². The number of benzene rings is 1. The van der Waals surface area contributed by atoms with Crippen molar-refractivity contribution in [2.24, 2.45) is 5.73 Å². The summed E-state index contributed by atoms with van der Waals surface area (Å²) in [5.74, 6) is -2.60. The van der Waals surface area contributed by atoms with E-state index in [0.717, 1.165) is 0 Å². The van der Waals surface area contributed by atoms with Gasteiger partial charge in [0, 0.05) is 12.2 Å². The molecule has 3 rings (SSSR count). The van der Waals surface area contributed by atoms with Crippen LogP contribution in [0.25, 0.3) is 0 Å². The molecule has 0 saturated heterocycles. The molecule has 5 nitrogen and oxygen atoms in total. The maximum atomic E-state index is 14.4. The van der Waals surface area contributed by atoms with E-state index in [2.05, 4.69) is 5.32 Å². The minimum atomic E-state index is -1.13. The Morgan fingerprint density at radius 3 is 2.56 bits per heavy atom. The molecule has 0 unspecified atom stereocenters. The Bertz CT molecular complexity index is 876. The van der Waals surface area contributed by atoms with Crippen molar-refractivity contribution in [3.05, 3.63) is 57.0 Å². The molecule has 0 aliphatic carbocycles. The number of aromatic nitrogens is 1. The van der Waals surface area contributed by atoms with Crippen LogP contribution in [-0.2, 0) is 13.0 Å². The Hall–Kier alpha value is -2.70. The first kappa shape index (κ1) is 18.6. The monoisotopic (exact) mass is 349 g/mol. The van der Waals surface area contributed by atoms with Gasteiger partial charge >= 0.3 is 0 Å². The molecular weight excluding hydrogens is 328 g/mol. The minimum Gasteiger partial charge on any atom is -0.365 e. The molecule has 2 heterocycles. The topological polar surface area (TPSA) is 77.1 Å². The maximum Gasteiger partial charge on any atom is 0.289 e. The first-order valence-corrected chi connectivity index (χ1v) is 8.18. The lowest BCUT2D eigenvalue weighted by atomic mass is 10.1. The Morgan fingerprint density at radius 1 is 1.28 bits per heavy atom.